The van der Waals surface area contributed by atoms with Gasteiger partial charge in [-0.3, -0.25) is 9.59 Å². The maximum atomic E-state index is 11.8. The van der Waals surface area contributed by atoms with E-state index in [0.29, 0.717) is 12.0 Å². The molecule has 1 rings (SSSR count). The Bertz CT molecular complexity index is 431. The van der Waals surface area contributed by atoms with E-state index in [0.717, 1.165) is 12.8 Å². The van der Waals surface area contributed by atoms with Crippen molar-refractivity contribution in [3.63, 3.8) is 0 Å². The molecule has 0 heterocycles. The molecule has 0 radical (unpaired) electrons. The summed E-state index contributed by atoms with van der Waals surface area (Å²) in [7, 11) is 0. The number of rotatable bonds is 12. The van der Waals surface area contributed by atoms with E-state index < -0.39 is 0 Å². The van der Waals surface area contributed by atoms with Crippen LogP contribution < -0.4 is 5.48 Å². The Kier molecular flexibility index (Phi) is 9.96. The highest BCUT2D eigenvalue weighted by Crippen LogP contribution is 2.08. The quantitative estimate of drug-likeness (QED) is 0.359. The Balaban J connectivity index is 2.00. The first-order valence-electron chi connectivity index (χ1n) is 8.24. The van der Waals surface area contributed by atoms with Gasteiger partial charge in [-0.1, -0.05) is 75.8 Å². The van der Waals surface area contributed by atoms with Gasteiger partial charge in [0, 0.05) is 12.0 Å². The van der Waals surface area contributed by atoms with Gasteiger partial charge in [0.15, 0.2) is 5.78 Å². The molecule has 22 heavy (non-hydrogen) atoms. The second-order valence-corrected chi connectivity index (χ2v) is 5.46. The monoisotopic (exact) mass is 305 g/mol. The number of benzene rings is 1. The lowest BCUT2D eigenvalue weighted by Crippen LogP contribution is -2.26. The summed E-state index contributed by atoms with van der Waals surface area (Å²) in [6.07, 6.45) is 8.55. The predicted octanol–water partition coefficient (Wildman–Crippen LogP) is 4.06. The molecule has 0 aromatic heterocycles. The van der Waals surface area contributed by atoms with Crippen LogP contribution >= 0.6 is 0 Å². The van der Waals surface area contributed by atoms with Crippen LogP contribution in [0.1, 0.15) is 68.6 Å². The van der Waals surface area contributed by atoms with Crippen LogP contribution in [0.5, 0.6) is 0 Å². The molecule has 0 fully saturated rings. The van der Waals surface area contributed by atoms with Crippen LogP contribution in [0.15, 0.2) is 30.3 Å². The third-order valence-corrected chi connectivity index (χ3v) is 3.50. The molecule has 122 valence electrons. The lowest BCUT2D eigenvalue weighted by atomic mass is 10.1. The van der Waals surface area contributed by atoms with Gasteiger partial charge < -0.3 is 4.84 Å². The van der Waals surface area contributed by atoms with Crippen molar-refractivity contribution in [2.24, 2.45) is 0 Å². The second kappa shape index (κ2) is 11.9. The highest BCUT2D eigenvalue weighted by atomic mass is 16.7. The zero-order chi connectivity index (χ0) is 16.0. The summed E-state index contributed by atoms with van der Waals surface area (Å²) in [5.74, 6) is -0.390. The molecule has 0 unspecified atom stereocenters. The number of carbonyl (C=O) groups is 2. The number of unbranched alkanes of at least 4 members (excludes halogenated alkanes) is 6. The molecule has 1 N–H and O–H groups in total. The van der Waals surface area contributed by atoms with Crippen molar-refractivity contribution in [2.75, 3.05) is 6.54 Å². The van der Waals surface area contributed by atoms with Crippen LogP contribution in [0.25, 0.3) is 0 Å². The van der Waals surface area contributed by atoms with Crippen LogP contribution in [0, 0.1) is 0 Å². The van der Waals surface area contributed by atoms with E-state index in [1.54, 1.807) is 24.3 Å². The Hall–Kier alpha value is -1.68. The number of hydrogen-bond acceptors (Lipinski definition) is 4. The van der Waals surface area contributed by atoms with Crippen LogP contribution in [-0.2, 0) is 9.63 Å². The number of ketones is 1. The van der Waals surface area contributed by atoms with Gasteiger partial charge in [-0.2, -0.15) is 0 Å². The molecule has 0 atom stereocenters. The van der Waals surface area contributed by atoms with Gasteiger partial charge in [-0.25, -0.2) is 0 Å². The van der Waals surface area contributed by atoms with Crippen LogP contribution in [0.3, 0.4) is 0 Å². The maximum Gasteiger partial charge on any atom is 0.324 e. The first kappa shape index (κ1) is 18.4. The molecule has 0 saturated heterocycles. The SMILES string of the molecule is CCCCCCCCCC(=O)ONCC(=O)c1ccccc1. The van der Waals surface area contributed by atoms with Gasteiger partial charge in [0.25, 0.3) is 0 Å². The number of carbonyl (C=O) groups excluding carboxylic acids is 2. The van der Waals surface area contributed by atoms with Crippen molar-refractivity contribution in [2.45, 2.75) is 58.3 Å². The van der Waals surface area contributed by atoms with Gasteiger partial charge >= 0.3 is 5.97 Å². The largest absolute Gasteiger partial charge is 0.370 e. The van der Waals surface area contributed by atoms with Crippen LogP contribution in [0.4, 0.5) is 0 Å². The summed E-state index contributed by atoms with van der Waals surface area (Å²) in [6, 6.07) is 8.95. The molecule has 4 heteroatoms. The van der Waals surface area contributed by atoms with E-state index in [9.17, 15) is 9.59 Å². The summed E-state index contributed by atoms with van der Waals surface area (Å²) in [4.78, 5) is 28.1. The normalized spacial score (nSPS) is 10.4. The molecule has 1 aromatic carbocycles. The van der Waals surface area contributed by atoms with Crippen molar-refractivity contribution < 1.29 is 14.4 Å². The van der Waals surface area contributed by atoms with Crippen LogP contribution in [0.2, 0.25) is 0 Å². The minimum absolute atomic E-state index is 0.00672. The molecular weight excluding hydrogens is 278 g/mol. The molecule has 1 aromatic rings. The highest BCUT2D eigenvalue weighted by Gasteiger charge is 2.07. The fourth-order valence-electron chi connectivity index (χ4n) is 2.19. The summed E-state index contributed by atoms with van der Waals surface area (Å²) < 4.78 is 0. The van der Waals surface area contributed by atoms with E-state index in [4.69, 9.17) is 4.84 Å². The zero-order valence-corrected chi connectivity index (χ0v) is 13.5. The Labute approximate surface area is 133 Å². The van der Waals surface area contributed by atoms with Gasteiger partial charge in [-0.15, -0.1) is 5.48 Å². The number of nitrogens with one attached hydrogen (secondary N) is 1. The predicted molar refractivity (Wildman–Crippen MR) is 87.5 cm³/mol. The maximum absolute atomic E-state index is 11.8. The summed E-state index contributed by atoms with van der Waals surface area (Å²) in [5, 5.41) is 0. The summed E-state index contributed by atoms with van der Waals surface area (Å²) in [5.41, 5.74) is 3.06. The molecule has 0 amide bonds. The standard InChI is InChI=1S/C18H27NO3/c1-2-3-4-5-6-7-11-14-18(21)22-19-15-17(20)16-12-9-8-10-13-16/h8-10,12-13,19H,2-7,11,14-15H2,1H3. The first-order valence-corrected chi connectivity index (χ1v) is 8.24. The average molecular weight is 305 g/mol. The molecule has 0 bridgehead atoms. The third kappa shape index (κ3) is 8.57. The molecule has 0 spiro atoms. The van der Waals surface area contributed by atoms with Crippen molar-refractivity contribution >= 4 is 11.8 Å². The van der Waals surface area contributed by atoms with Crippen molar-refractivity contribution in [1.82, 2.24) is 5.48 Å². The van der Waals surface area contributed by atoms with Gasteiger partial charge in [-0.05, 0) is 6.42 Å². The average Bonchev–Trinajstić information content (AvgIpc) is 2.54. The highest BCUT2D eigenvalue weighted by molar-refractivity contribution is 5.97. The molecule has 0 saturated carbocycles. The van der Waals surface area contributed by atoms with Gasteiger partial charge in [0.1, 0.15) is 0 Å². The molecule has 0 aliphatic heterocycles. The fraction of sp³-hybridized carbons (Fsp3) is 0.556. The van der Waals surface area contributed by atoms with Crippen molar-refractivity contribution in [1.29, 1.82) is 0 Å². The molecule has 4 nitrogen and oxygen atoms in total. The minimum Gasteiger partial charge on any atom is -0.370 e. The topological polar surface area (TPSA) is 55.4 Å². The van der Waals surface area contributed by atoms with E-state index in [1.165, 1.54) is 32.1 Å². The lowest BCUT2D eigenvalue weighted by Gasteiger charge is -2.05. The van der Waals surface area contributed by atoms with Crippen molar-refractivity contribution in [3.05, 3.63) is 35.9 Å². The van der Waals surface area contributed by atoms with Gasteiger partial charge in [0.05, 0.1) is 6.54 Å². The van der Waals surface area contributed by atoms with E-state index in [-0.39, 0.29) is 18.3 Å². The zero-order valence-electron chi connectivity index (χ0n) is 13.5. The van der Waals surface area contributed by atoms with Crippen LogP contribution in [-0.4, -0.2) is 18.3 Å². The first-order chi connectivity index (χ1) is 10.7. The number of Topliss-reactive ketones (excluding diaryl/α,β-unsaturated/α-hetero) is 1. The Morgan fingerprint density at radius 3 is 2.27 bits per heavy atom. The van der Waals surface area contributed by atoms with E-state index >= 15 is 0 Å². The van der Waals surface area contributed by atoms with E-state index in [2.05, 4.69) is 12.4 Å². The fourth-order valence-corrected chi connectivity index (χ4v) is 2.19. The lowest BCUT2D eigenvalue weighted by molar-refractivity contribution is -0.150. The Morgan fingerprint density at radius 2 is 1.59 bits per heavy atom. The second-order valence-electron chi connectivity index (χ2n) is 5.46. The van der Waals surface area contributed by atoms with Gasteiger partial charge in [0.2, 0.25) is 0 Å². The summed E-state index contributed by atoms with van der Waals surface area (Å²) in [6.45, 7) is 2.21. The van der Waals surface area contributed by atoms with E-state index in [1.807, 2.05) is 6.07 Å². The molecule has 0 aliphatic rings. The Morgan fingerprint density at radius 1 is 0.955 bits per heavy atom. The van der Waals surface area contributed by atoms with Crippen molar-refractivity contribution in [3.8, 4) is 0 Å². The smallest absolute Gasteiger partial charge is 0.324 e. The number of hydrogen-bond donors (Lipinski definition) is 1. The third-order valence-electron chi connectivity index (χ3n) is 3.50. The molecular formula is C18H27NO3. The molecule has 0 aliphatic carbocycles. The minimum atomic E-state index is -0.297. The summed E-state index contributed by atoms with van der Waals surface area (Å²) >= 11 is 0. The number of hydroxylamine groups is 1.